The summed E-state index contributed by atoms with van der Waals surface area (Å²) in [6, 6.07) is 9.90. The Morgan fingerprint density at radius 2 is 1.88 bits per heavy atom. The number of hydrogen-bond acceptors (Lipinski definition) is 5. The van der Waals surface area contributed by atoms with E-state index >= 15 is 0 Å². The number of carbonyl (C=O) groups is 1. The van der Waals surface area contributed by atoms with Crippen molar-refractivity contribution in [2.24, 2.45) is 0 Å². The normalized spacial score (nSPS) is 11.3. The number of amides is 1. The molecule has 120 valence electrons. The molecule has 24 heavy (non-hydrogen) atoms. The van der Waals surface area contributed by atoms with Crippen molar-refractivity contribution in [1.29, 1.82) is 0 Å². The molecule has 2 aromatic carbocycles. The Hall–Kier alpha value is -2.31. The van der Waals surface area contributed by atoms with Crippen LogP contribution < -0.4 is 5.32 Å². The van der Waals surface area contributed by atoms with Crippen LogP contribution in [0, 0.1) is 20.8 Å². The van der Waals surface area contributed by atoms with Crippen molar-refractivity contribution in [3.8, 4) is 0 Å². The third kappa shape index (κ3) is 2.57. The Morgan fingerprint density at radius 3 is 2.71 bits per heavy atom. The first-order chi connectivity index (χ1) is 11.5. The molecule has 0 saturated carbocycles. The molecule has 1 N–H and O–H groups in total. The summed E-state index contributed by atoms with van der Waals surface area (Å²) in [5.41, 5.74) is 4.55. The Bertz CT molecular complexity index is 1090. The van der Waals surface area contributed by atoms with Crippen molar-refractivity contribution in [2.45, 2.75) is 20.8 Å². The predicted octanol–water partition coefficient (Wildman–Crippen LogP) is 5.08. The molecular weight excluding hydrogens is 338 g/mol. The molecule has 2 heterocycles. The van der Waals surface area contributed by atoms with Crippen molar-refractivity contribution in [1.82, 2.24) is 9.97 Å². The quantitative estimate of drug-likeness (QED) is 0.546. The van der Waals surface area contributed by atoms with Gasteiger partial charge < -0.3 is 0 Å². The summed E-state index contributed by atoms with van der Waals surface area (Å²) in [7, 11) is 0. The monoisotopic (exact) mass is 353 g/mol. The van der Waals surface area contributed by atoms with E-state index in [-0.39, 0.29) is 5.91 Å². The summed E-state index contributed by atoms with van der Waals surface area (Å²) in [6.07, 6.45) is 0. The molecule has 0 radical (unpaired) electrons. The van der Waals surface area contributed by atoms with Crippen molar-refractivity contribution in [2.75, 3.05) is 5.32 Å². The molecule has 0 atom stereocenters. The highest BCUT2D eigenvalue weighted by Crippen LogP contribution is 2.34. The van der Waals surface area contributed by atoms with E-state index in [4.69, 9.17) is 0 Å². The zero-order chi connectivity index (χ0) is 16.8. The molecule has 4 nitrogen and oxygen atoms in total. The number of aromatic nitrogens is 2. The van der Waals surface area contributed by atoms with Gasteiger partial charge >= 0.3 is 0 Å². The summed E-state index contributed by atoms with van der Waals surface area (Å²) in [4.78, 5) is 21.7. The van der Waals surface area contributed by atoms with Gasteiger partial charge in [-0.25, -0.2) is 9.97 Å². The van der Waals surface area contributed by atoms with Crippen LogP contribution in [0.4, 0.5) is 5.13 Å². The third-order valence-corrected chi connectivity index (χ3v) is 5.81. The molecule has 2 aromatic heterocycles. The molecule has 0 saturated heterocycles. The van der Waals surface area contributed by atoms with Crippen LogP contribution in [0.1, 0.15) is 26.5 Å². The van der Waals surface area contributed by atoms with Crippen LogP contribution >= 0.6 is 22.7 Å². The highest BCUT2D eigenvalue weighted by atomic mass is 32.1. The Morgan fingerprint density at radius 1 is 1.04 bits per heavy atom. The number of benzene rings is 2. The van der Waals surface area contributed by atoms with Gasteiger partial charge in [-0.15, -0.1) is 11.3 Å². The van der Waals surface area contributed by atoms with Crippen molar-refractivity contribution in [3.63, 3.8) is 0 Å². The zero-order valence-electron chi connectivity index (χ0n) is 13.5. The Kier molecular flexibility index (Phi) is 3.58. The maximum Gasteiger partial charge on any atom is 0.257 e. The topological polar surface area (TPSA) is 54.9 Å². The number of hydrogen-bond donors (Lipinski definition) is 1. The van der Waals surface area contributed by atoms with Gasteiger partial charge in [-0.3, -0.25) is 10.1 Å². The molecule has 4 aromatic rings. The maximum absolute atomic E-state index is 12.6. The van der Waals surface area contributed by atoms with E-state index in [0.29, 0.717) is 10.7 Å². The highest BCUT2D eigenvalue weighted by Gasteiger charge is 2.14. The standard InChI is InChI=1S/C18H15N3OS2/c1-9-4-5-10(2)12(8-9)17(22)21-18-20-13-6-7-14-15(16(13)24-18)19-11(3)23-14/h4-8H,1-3H3,(H,20,21,22). The second kappa shape index (κ2) is 5.65. The lowest BCUT2D eigenvalue weighted by atomic mass is 10.1. The predicted molar refractivity (Wildman–Crippen MR) is 101 cm³/mol. The van der Waals surface area contributed by atoms with E-state index in [1.807, 2.05) is 51.1 Å². The van der Waals surface area contributed by atoms with E-state index < -0.39 is 0 Å². The molecule has 6 heteroatoms. The van der Waals surface area contributed by atoms with Crippen LogP contribution in [0.15, 0.2) is 30.3 Å². The SMILES string of the molecule is Cc1ccc(C)c(C(=O)Nc2nc3ccc4sc(C)nc4c3s2)c1. The first-order valence-electron chi connectivity index (χ1n) is 7.56. The van der Waals surface area contributed by atoms with Crippen LogP contribution in [-0.2, 0) is 0 Å². The maximum atomic E-state index is 12.6. The van der Waals surface area contributed by atoms with Crippen LogP contribution in [-0.4, -0.2) is 15.9 Å². The fraction of sp³-hybridized carbons (Fsp3) is 0.167. The molecule has 0 unspecified atom stereocenters. The summed E-state index contributed by atoms with van der Waals surface area (Å²) in [5, 5.41) is 4.57. The van der Waals surface area contributed by atoms with Crippen molar-refractivity contribution in [3.05, 3.63) is 52.0 Å². The van der Waals surface area contributed by atoms with Crippen LogP contribution in [0.2, 0.25) is 0 Å². The third-order valence-electron chi connectivity index (χ3n) is 3.88. The van der Waals surface area contributed by atoms with Crippen molar-refractivity contribution >= 4 is 54.1 Å². The minimum absolute atomic E-state index is 0.124. The number of nitrogens with one attached hydrogen (secondary N) is 1. The van der Waals surface area contributed by atoms with Crippen LogP contribution in [0.3, 0.4) is 0 Å². The fourth-order valence-corrected chi connectivity index (χ4v) is 4.54. The number of fused-ring (bicyclic) bond motifs is 3. The fourth-order valence-electron chi connectivity index (χ4n) is 2.69. The van der Waals surface area contributed by atoms with Gasteiger partial charge in [0.15, 0.2) is 5.13 Å². The summed E-state index contributed by atoms with van der Waals surface area (Å²) in [5.74, 6) is -0.124. The number of thiazole rings is 2. The Labute approximate surface area is 147 Å². The second-order valence-electron chi connectivity index (χ2n) is 5.78. The molecule has 0 spiro atoms. The van der Waals surface area contributed by atoms with Gasteiger partial charge in [-0.05, 0) is 44.5 Å². The molecule has 0 fully saturated rings. The molecule has 0 aliphatic heterocycles. The number of nitrogens with zero attached hydrogens (tertiary/aromatic N) is 2. The molecule has 4 rings (SSSR count). The summed E-state index contributed by atoms with van der Waals surface area (Å²) >= 11 is 3.15. The first kappa shape index (κ1) is 15.2. The van der Waals surface area contributed by atoms with Gasteiger partial charge in [0.1, 0.15) is 5.52 Å². The molecule has 0 bridgehead atoms. The van der Waals surface area contributed by atoms with E-state index in [0.717, 1.165) is 36.6 Å². The lowest BCUT2D eigenvalue weighted by molar-refractivity contribution is 0.102. The molecule has 0 aliphatic rings. The van der Waals surface area contributed by atoms with Gasteiger partial charge in [0.2, 0.25) is 0 Å². The number of aryl methyl sites for hydroxylation is 3. The summed E-state index contributed by atoms with van der Waals surface area (Å²) < 4.78 is 2.17. The Balaban J connectivity index is 1.73. The van der Waals surface area contributed by atoms with Crippen molar-refractivity contribution < 1.29 is 4.79 Å². The number of carbonyl (C=O) groups excluding carboxylic acids is 1. The molecule has 0 aliphatic carbocycles. The number of anilines is 1. The van der Waals surface area contributed by atoms with Crippen LogP contribution in [0.5, 0.6) is 0 Å². The zero-order valence-corrected chi connectivity index (χ0v) is 15.1. The number of rotatable bonds is 2. The van der Waals surface area contributed by atoms with E-state index in [2.05, 4.69) is 15.3 Å². The van der Waals surface area contributed by atoms with Gasteiger partial charge in [0.25, 0.3) is 5.91 Å². The lowest BCUT2D eigenvalue weighted by Crippen LogP contribution is -2.13. The van der Waals surface area contributed by atoms with E-state index in [9.17, 15) is 4.79 Å². The molecule has 1 amide bonds. The average molecular weight is 353 g/mol. The summed E-state index contributed by atoms with van der Waals surface area (Å²) in [6.45, 7) is 5.92. The largest absolute Gasteiger partial charge is 0.298 e. The van der Waals surface area contributed by atoms with Gasteiger partial charge in [-0.2, -0.15) is 0 Å². The van der Waals surface area contributed by atoms with Gasteiger partial charge in [0.05, 0.1) is 19.9 Å². The second-order valence-corrected chi connectivity index (χ2v) is 8.02. The van der Waals surface area contributed by atoms with E-state index in [1.165, 1.54) is 11.3 Å². The smallest absolute Gasteiger partial charge is 0.257 e. The van der Waals surface area contributed by atoms with Crippen LogP contribution in [0.25, 0.3) is 20.4 Å². The highest BCUT2D eigenvalue weighted by molar-refractivity contribution is 7.24. The lowest BCUT2D eigenvalue weighted by Gasteiger charge is -2.06. The van der Waals surface area contributed by atoms with Gasteiger partial charge in [-0.1, -0.05) is 29.0 Å². The average Bonchev–Trinajstić information content (AvgIpc) is 3.11. The first-order valence-corrected chi connectivity index (χ1v) is 9.20. The minimum Gasteiger partial charge on any atom is -0.298 e. The minimum atomic E-state index is -0.124. The van der Waals surface area contributed by atoms with Gasteiger partial charge in [0, 0.05) is 5.56 Å². The molecular formula is C18H15N3OS2. The van der Waals surface area contributed by atoms with E-state index in [1.54, 1.807) is 11.3 Å².